The van der Waals surface area contributed by atoms with Gasteiger partial charge in [-0.05, 0) is 61.4 Å². The van der Waals surface area contributed by atoms with E-state index in [1.807, 2.05) is 36.7 Å². The Morgan fingerprint density at radius 2 is 1.38 bits per heavy atom. The predicted molar refractivity (Wildman–Crippen MR) is 142 cm³/mol. The van der Waals surface area contributed by atoms with Crippen LogP contribution in [0, 0.1) is 5.92 Å². The topological polar surface area (TPSA) is 35.0 Å². The van der Waals surface area contributed by atoms with Gasteiger partial charge in [-0.2, -0.15) is 0 Å². The van der Waals surface area contributed by atoms with Crippen LogP contribution in [0.4, 0.5) is 4.39 Å². The van der Waals surface area contributed by atoms with Gasteiger partial charge in [0.05, 0.1) is 0 Å². The Morgan fingerprint density at radius 1 is 0.794 bits per heavy atom. The van der Waals surface area contributed by atoms with E-state index in [2.05, 4.69) is 30.7 Å². The van der Waals surface area contributed by atoms with Crippen molar-refractivity contribution in [2.45, 2.75) is 117 Å². The lowest BCUT2D eigenvalue weighted by Gasteiger charge is -2.13. The van der Waals surface area contributed by atoms with E-state index in [1.54, 1.807) is 0 Å². The molecule has 2 aromatic rings. The largest absolute Gasteiger partial charge is 0.491 e. The maximum absolute atomic E-state index is 14.0. The SMILES string of the molecule is CCCCCCCCCCCCc1cnc(-c2ccc(OCC(F)CCC(C)CC)cc2)nc1. The smallest absolute Gasteiger partial charge is 0.159 e. The quantitative estimate of drug-likeness (QED) is 0.192. The molecule has 0 saturated heterocycles. The van der Waals surface area contributed by atoms with Crippen LogP contribution in [0.15, 0.2) is 36.7 Å². The molecule has 1 aromatic carbocycles. The van der Waals surface area contributed by atoms with E-state index >= 15 is 0 Å². The number of aromatic nitrogens is 2. The van der Waals surface area contributed by atoms with E-state index in [9.17, 15) is 4.39 Å². The molecule has 2 atom stereocenters. The summed E-state index contributed by atoms with van der Waals surface area (Å²) >= 11 is 0. The van der Waals surface area contributed by atoms with Gasteiger partial charge in [0, 0.05) is 18.0 Å². The summed E-state index contributed by atoms with van der Waals surface area (Å²) in [6.07, 6.45) is 20.1. The van der Waals surface area contributed by atoms with Gasteiger partial charge in [0.15, 0.2) is 5.82 Å². The number of aryl methyl sites for hydroxylation is 1. The molecule has 0 radical (unpaired) electrons. The minimum Gasteiger partial charge on any atom is -0.491 e. The molecule has 0 aliphatic rings. The molecule has 190 valence electrons. The first kappa shape index (κ1) is 28.3. The van der Waals surface area contributed by atoms with Crippen LogP contribution in [-0.2, 0) is 6.42 Å². The molecule has 0 aliphatic heterocycles. The zero-order valence-electron chi connectivity index (χ0n) is 21.9. The first-order valence-electron chi connectivity index (χ1n) is 13.8. The van der Waals surface area contributed by atoms with E-state index in [0.717, 1.165) is 30.7 Å². The molecule has 3 nitrogen and oxygen atoms in total. The summed E-state index contributed by atoms with van der Waals surface area (Å²) in [7, 11) is 0. The Kier molecular flexibility index (Phi) is 14.5. The van der Waals surface area contributed by atoms with Gasteiger partial charge in [0.2, 0.25) is 0 Å². The first-order chi connectivity index (χ1) is 16.6. The van der Waals surface area contributed by atoms with Gasteiger partial charge >= 0.3 is 0 Å². The summed E-state index contributed by atoms with van der Waals surface area (Å²) < 4.78 is 19.7. The highest BCUT2D eigenvalue weighted by Gasteiger charge is 2.10. The van der Waals surface area contributed by atoms with Crippen molar-refractivity contribution < 1.29 is 9.13 Å². The number of benzene rings is 1. The predicted octanol–water partition coefficient (Wildman–Crippen LogP) is 9.15. The maximum Gasteiger partial charge on any atom is 0.159 e. The zero-order chi connectivity index (χ0) is 24.4. The molecule has 1 heterocycles. The molecule has 1 aromatic heterocycles. The highest BCUT2D eigenvalue weighted by molar-refractivity contribution is 5.55. The third-order valence-corrected chi connectivity index (χ3v) is 6.74. The van der Waals surface area contributed by atoms with Crippen LogP contribution in [0.5, 0.6) is 5.75 Å². The van der Waals surface area contributed by atoms with E-state index < -0.39 is 6.17 Å². The molecule has 0 bridgehead atoms. The number of nitrogens with zero attached hydrogens (tertiary/aromatic N) is 2. The number of halogens is 1. The van der Waals surface area contributed by atoms with Gasteiger partial charge in [0.1, 0.15) is 18.5 Å². The third-order valence-electron chi connectivity index (χ3n) is 6.74. The summed E-state index contributed by atoms with van der Waals surface area (Å²) in [6, 6.07) is 7.63. The molecular formula is C30H47FN2O. The standard InChI is InChI=1S/C30H47FN2O/c1-4-6-7-8-9-10-11-12-13-14-15-26-22-32-30(33-23-26)27-17-20-29(21-18-27)34-24-28(31)19-16-25(3)5-2/h17-18,20-23,25,28H,4-16,19,24H2,1-3H3. The minimum atomic E-state index is -0.917. The molecule has 0 N–H and O–H groups in total. The van der Waals surface area contributed by atoms with Gasteiger partial charge < -0.3 is 4.74 Å². The van der Waals surface area contributed by atoms with Crippen molar-refractivity contribution in [2.24, 2.45) is 5.92 Å². The van der Waals surface area contributed by atoms with Crippen molar-refractivity contribution in [1.29, 1.82) is 0 Å². The highest BCUT2D eigenvalue weighted by Crippen LogP contribution is 2.21. The maximum atomic E-state index is 14.0. The fraction of sp³-hybridized carbons (Fsp3) is 0.667. The van der Waals surface area contributed by atoms with Crippen LogP contribution in [0.2, 0.25) is 0 Å². The monoisotopic (exact) mass is 470 g/mol. The Balaban J connectivity index is 1.63. The van der Waals surface area contributed by atoms with Crippen LogP contribution in [0.1, 0.15) is 110 Å². The second-order valence-corrected chi connectivity index (χ2v) is 9.87. The molecule has 2 rings (SSSR count). The fourth-order valence-corrected chi connectivity index (χ4v) is 4.09. The fourth-order valence-electron chi connectivity index (χ4n) is 4.09. The van der Waals surface area contributed by atoms with Gasteiger partial charge in [-0.25, -0.2) is 14.4 Å². The summed E-state index contributed by atoms with van der Waals surface area (Å²) in [5.41, 5.74) is 2.15. The highest BCUT2D eigenvalue weighted by atomic mass is 19.1. The lowest BCUT2D eigenvalue weighted by atomic mass is 10.0. The molecule has 4 heteroatoms. The number of alkyl halides is 1. The third kappa shape index (κ3) is 11.9. The van der Waals surface area contributed by atoms with Crippen LogP contribution in [0.3, 0.4) is 0 Å². The average molecular weight is 471 g/mol. The summed E-state index contributed by atoms with van der Waals surface area (Å²) in [5.74, 6) is 1.97. The van der Waals surface area contributed by atoms with Crippen molar-refractivity contribution >= 4 is 0 Å². The lowest BCUT2D eigenvalue weighted by molar-refractivity contribution is 0.179. The first-order valence-corrected chi connectivity index (χ1v) is 13.8. The Hall–Kier alpha value is -1.97. The van der Waals surface area contributed by atoms with Gasteiger partial charge in [0.25, 0.3) is 0 Å². The minimum absolute atomic E-state index is 0.111. The van der Waals surface area contributed by atoms with E-state index in [-0.39, 0.29) is 6.61 Å². The molecule has 0 aliphatic carbocycles. The van der Waals surface area contributed by atoms with E-state index in [1.165, 1.54) is 69.8 Å². The second-order valence-electron chi connectivity index (χ2n) is 9.87. The Morgan fingerprint density at radius 3 is 1.97 bits per heavy atom. The number of unbranched alkanes of at least 4 members (excludes halogenated alkanes) is 9. The van der Waals surface area contributed by atoms with Crippen LogP contribution in [0.25, 0.3) is 11.4 Å². The zero-order valence-corrected chi connectivity index (χ0v) is 21.9. The van der Waals surface area contributed by atoms with Gasteiger partial charge in [-0.3, -0.25) is 0 Å². The van der Waals surface area contributed by atoms with Crippen molar-refractivity contribution in [2.75, 3.05) is 6.61 Å². The normalized spacial score (nSPS) is 13.1. The molecule has 0 spiro atoms. The van der Waals surface area contributed by atoms with Crippen LogP contribution < -0.4 is 4.74 Å². The molecule has 34 heavy (non-hydrogen) atoms. The number of hydrogen-bond acceptors (Lipinski definition) is 3. The summed E-state index contributed by atoms with van der Waals surface area (Å²) in [6.45, 7) is 6.69. The number of ether oxygens (including phenoxy) is 1. The molecule has 0 amide bonds. The number of rotatable bonds is 19. The average Bonchev–Trinajstić information content (AvgIpc) is 2.87. The summed E-state index contributed by atoms with van der Waals surface area (Å²) in [5, 5.41) is 0. The van der Waals surface area contributed by atoms with Gasteiger partial charge in [-0.1, -0.05) is 85.0 Å². The van der Waals surface area contributed by atoms with Crippen LogP contribution in [-0.4, -0.2) is 22.7 Å². The summed E-state index contributed by atoms with van der Waals surface area (Å²) in [4.78, 5) is 9.11. The molecular weight excluding hydrogens is 423 g/mol. The Labute approximate surface area is 208 Å². The lowest BCUT2D eigenvalue weighted by Crippen LogP contribution is -2.14. The van der Waals surface area contributed by atoms with Crippen molar-refractivity contribution in [3.63, 3.8) is 0 Å². The Bertz CT molecular complexity index is 747. The molecule has 0 fully saturated rings. The van der Waals surface area contributed by atoms with Crippen LogP contribution >= 0.6 is 0 Å². The molecule has 0 saturated carbocycles. The molecule has 2 unspecified atom stereocenters. The van der Waals surface area contributed by atoms with Crippen molar-refractivity contribution in [3.8, 4) is 17.1 Å². The van der Waals surface area contributed by atoms with Gasteiger partial charge in [-0.15, -0.1) is 0 Å². The number of hydrogen-bond donors (Lipinski definition) is 0. The van der Waals surface area contributed by atoms with Crippen molar-refractivity contribution in [3.05, 3.63) is 42.2 Å². The van der Waals surface area contributed by atoms with E-state index in [4.69, 9.17) is 4.74 Å². The second kappa shape index (κ2) is 17.5. The van der Waals surface area contributed by atoms with Crippen molar-refractivity contribution in [1.82, 2.24) is 9.97 Å². The van der Waals surface area contributed by atoms with E-state index in [0.29, 0.717) is 18.1 Å².